The van der Waals surface area contributed by atoms with Crippen LogP contribution in [0.4, 0.5) is 10.5 Å². The molecule has 0 saturated heterocycles. The van der Waals surface area contributed by atoms with Gasteiger partial charge in [-0.05, 0) is 68.3 Å². The van der Waals surface area contributed by atoms with E-state index < -0.39 is 0 Å². The van der Waals surface area contributed by atoms with Crippen LogP contribution in [-0.4, -0.2) is 35.7 Å². The Morgan fingerprint density at radius 1 is 1.08 bits per heavy atom. The first kappa shape index (κ1) is 18.4. The van der Waals surface area contributed by atoms with E-state index in [4.69, 9.17) is 5.11 Å². The number of aliphatic hydroxyl groups is 1. The third-order valence-electron chi connectivity index (χ3n) is 3.86. The highest BCUT2D eigenvalue weighted by Gasteiger charge is 2.10. The molecule has 0 fully saturated rings. The molecule has 0 spiro atoms. The maximum Gasteiger partial charge on any atom is 0.321 e. The molecule has 2 N–H and O–H groups in total. The molecule has 0 unspecified atom stereocenters. The lowest BCUT2D eigenvalue weighted by Gasteiger charge is -2.20. The van der Waals surface area contributed by atoms with Crippen molar-refractivity contribution in [2.24, 2.45) is 0 Å². The number of carbonyl (C=O) groups is 1. The maximum absolute atomic E-state index is 12.1. The molecule has 0 saturated carbocycles. The van der Waals surface area contributed by atoms with Gasteiger partial charge in [-0.3, -0.25) is 0 Å². The molecule has 0 radical (unpaired) electrons. The summed E-state index contributed by atoms with van der Waals surface area (Å²) in [6.45, 7) is 6.98. The normalized spacial score (nSPS) is 10.5. The van der Waals surface area contributed by atoms with Gasteiger partial charge in [0.15, 0.2) is 0 Å². The fraction of sp³-hybridized carbons (Fsp3) is 0.316. The molecule has 2 aromatic rings. The number of carbonyl (C=O) groups excluding carboxylic acids is 1. The second kappa shape index (κ2) is 8.76. The van der Waals surface area contributed by atoms with Crippen LogP contribution in [0.5, 0.6) is 0 Å². The number of benzene rings is 2. The van der Waals surface area contributed by atoms with Gasteiger partial charge in [0.05, 0.1) is 6.61 Å². The van der Waals surface area contributed by atoms with E-state index in [-0.39, 0.29) is 12.6 Å². The van der Waals surface area contributed by atoms with Crippen LogP contribution in [0.15, 0.2) is 52.3 Å². The predicted molar refractivity (Wildman–Crippen MR) is 99.8 cm³/mol. The summed E-state index contributed by atoms with van der Waals surface area (Å²) in [5, 5.41) is 11.8. The molecule has 24 heavy (non-hydrogen) atoms. The number of hydrogen-bond donors (Lipinski definition) is 2. The van der Waals surface area contributed by atoms with Gasteiger partial charge in [0.25, 0.3) is 0 Å². The van der Waals surface area contributed by atoms with E-state index in [0.29, 0.717) is 13.1 Å². The molecule has 0 aromatic heterocycles. The van der Waals surface area contributed by atoms with E-state index in [1.807, 2.05) is 31.2 Å². The van der Waals surface area contributed by atoms with Gasteiger partial charge < -0.3 is 15.3 Å². The van der Waals surface area contributed by atoms with Crippen molar-refractivity contribution in [2.75, 3.05) is 25.0 Å². The quantitative estimate of drug-likeness (QED) is 0.821. The van der Waals surface area contributed by atoms with Crippen molar-refractivity contribution in [1.82, 2.24) is 4.90 Å². The number of rotatable bonds is 6. The Balaban J connectivity index is 1.99. The number of nitrogens with one attached hydrogen (secondary N) is 1. The second-order valence-electron chi connectivity index (χ2n) is 5.61. The fourth-order valence-corrected chi connectivity index (χ4v) is 3.16. The predicted octanol–water partition coefficient (Wildman–Crippen LogP) is 4.30. The Labute approximate surface area is 147 Å². The zero-order valence-electron chi connectivity index (χ0n) is 14.4. The van der Waals surface area contributed by atoms with Gasteiger partial charge in [0.1, 0.15) is 0 Å². The molecule has 0 aliphatic heterocycles. The number of urea groups is 1. The first-order valence-corrected chi connectivity index (χ1v) is 8.87. The average Bonchev–Trinajstić information content (AvgIpc) is 2.57. The van der Waals surface area contributed by atoms with E-state index in [1.54, 1.807) is 16.7 Å². The van der Waals surface area contributed by atoms with E-state index in [1.165, 1.54) is 16.0 Å². The maximum atomic E-state index is 12.1. The first-order chi connectivity index (χ1) is 11.5. The minimum atomic E-state index is -0.193. The number of aryl methyl sites for hydroxylation is 2. The Bertz CT molecular complexity index is 686. The van der Waals surface area contributed by atoms with E-state index in [9.17, 15) is 4.79 Å². The molecule has 4 nitrogen and oxygen atoms in total. The van der Waals surface area contributed by atoms with Crippen molar-refractivity contribution < 1.29 is 9.90 Å². The van der Waals surface area contributed by atoms with Crippen LogP contribution in [0.25, 0.3) is 0 Å². The van der Waals surface area contributed by atoms with Crippen LogP contribution in [0, 0.1) is 13.8 Å². The number of anilines is 1. The van der Waals surface area contributed by atoms with Gasteiger partial charge in [0.2, 0.25) is 0 Å². The largest absolute Gasteiger partial charge is 0.395 e. The van der Waals surface area contributed by atoms with Crippen molar-refractivity contribution in [3.8, 4) is 0 Å². The van der Waals surface area contributed by atoms with Crippen molar-refractivity contribution >= 4 is 23.5 Å². The highest BCUT2D eigenvalue weighted by Crippen LogP contribution is 2.29. The van der Waals surface area contributed by atoms with Crippen LogP contribution in [0.3, 0.4) is 0 Å². The van der Waals surface area contributed by atoms with Crippen molar-refractivity contribution in [2.45, 2.75) is 30.6 Å². The number of hydrogen-bond acceptors (Lipinski definition) is 3. The van der Waals surface area contributed by atoms with Crippen LogP contribution < -0.4 is 5.32 Å². The van der Waals surface area contributed by atoms with Gasteiger partial charge in [-0.15, -0.1) is 0 Å². The topological polar surface area (TPSA) is 52.6 Å². The lowest BCUT2D eigenvalue weighted by Crippen LogP contribution is -2.36. The van der Waals surface area contributed by atoms with Crippen molar-refractivity contribution in [3.05, 3.63) is 53.6 Å². The minimum Gasteiger partial charge on any atom is -0.395 e. The van der Waals surface area contributed by atoms with E-state index in [0.717, 1.165) is 10.6 Å². The second-order valence-corrected chi connectivity index (χ2v) is 6.75. The lowest BCUT2D eigenvalue weighted by atomic mass is 10.1. The third kappa shape index (κ3) is 5.01. The molecule has 5 heteroatoms. The molecule has 0 aliphatic carbocycles. The Morgan fingerprint density at radius 3 is 2.33 bits per heavy atom. The molecular weight excluding hydrogens is 320 g/mol. The Hall–Kier alpha value is -1.98. The highest BCUT2D eigenvalue weighted by molar-refractivity contribution is 7.99. The summed E-state index contributed by atoms with van der Waals surface area (Å²) in [6, 6.07) is 14.0. The standard InChI is InChI=1S/C19H24N2O2S/c1-4-21(11-12-22)19(23)20-16-6-9-17(10-7-16)24-18-8-5-14(2)15(3)13-18/h5-10,13,22H,4,11-12H2,1-3H3,(H,20,23). The molecule has 0 aliphatic rings. The number of amides is 2. The van der Waals surface area contributed by atoms with Crippen LogP contribution in [-0.2, 0) is 0 Å². The minimum absolute atomic E-state index is 0.0349. The molecule has 0 atom stereocenters. The molecular formula is C19H24N2O2S. The zero-order chi connectivity index (χ0) is 17.5. The van der Waals surface area contributed by atoms with E-state index in [2.05, 4.69) is 37.4 Å². The highest BCUT2D eigenvalue weighted by atomic mass is 32.2. The Kier molecular flexibility index (Phi) is 6.70. The molecule has 2 rings (SSSR count). The fourth-order valence-electron chi connectivity index (χ4n) is 2.25. The molecule has 0 heterocycles. The summed E-state index contributed by atoms with van der Waals surface area (Å²) in [5.41, 5.74) is 3.33. The first-order valence-electron chi connectivity index (χ1n) is 8.05. The number of nitrogens with zero attached hydrogens (tertiary/aromatic N) is 1. The van der Waals surface area contributed by atoms with Crippen LogP contribution in [0.2, 0.25) is 0 Å². The van der Waals surface area contributed by atoms with E-state index >= 15 is 0 Å². The molecule has 2 amide bonds. The third-order valence-corrected chi connectivity index (χ3v) is 4.86. The number of likely N-dealkylation sites (N-methyl/N-ethyl adjacent to an activating group) is 1. The summed E-state index contributed by atoms with van der Waals surface area (Å²) in [7, 11) is 0. The Morgan fingerprint density at radius 2 is 1.75 bits per heavy atom. The van der Waals surface area contributed by atoms with Crippen molar-refractivity contribution in [1.29, 1.82) is 0 Å². The number of aliphatic hydroxyl groups excluding tert-OH is 1. The molecule has 2 aromatic carbocycles. The summed E-state index contributed by atoms with van der Waals surface area (Å²) in [5.74, 6) is 0. The summed E-state index contributed by atoms with van der Waals surface area (Å²) >= 11 is 1.70. The lowest BCUT2D eigenvalue weighted by molar-refractivity contribution is 0.192. The van der Waals surface area contributed by atoms with Crippen LogP contribution >= 0.6 is 11.8 Å². The van der Waals surface area contributed by atoms with Gasteiger partial charge in [-0.1, -0.05) is 17.8 Å². The average molecular weight is 344 g/mol. The summed E-state index contributed by atoms with van der Waals surface area (Å²) < 4.78 is 0. The molecule has 0 bridgehead atoms. The van der Waals surface area contributed by atoms with Crippen LogP contribution in [0.1, 0.15) is 18.1 Å². The monoisotopic (exact) mass is 344 g/mol. The SMILES string of the molecule is CCN(CCO)C(=O)Nc1ccc(Sc2ccc(C)c(C)c2)cc1. The smallest absolute Gasteiger partial charge is 0.321 e. The van der Waals surface area contributed by atoms with Gasteiger partial charge in [-0.25, -0.2) is 4.79 Å². The summed E-state index contributed by atoms with van der Waals surface area (Å²) in [6.07, 6.45) is 0. The summed E-state index contributed by atoms with van der Waals surface area (Å²) in [4.78, 5) is 16.0. The van der Waals surface area contributed by atoms with Crippen molar-refractivity contribution in [3.63, 3.8) is 0 Å². The van der Waals surface area contributed by atoms with Gasteiger partial charge in [-0.2, -0.15) is 0 Å². The van der Waals surface area contributed by atoms with Gasteiger partial charge >= 0.3 is 6.03 Å². The zero-order valence-corrected chi connectivity index (χ0v) is 15.2. The van der Waals surface area contributed by atoms with Gasteiger partial charge in [0, 0.05) is 28.6 Å². The molecule has 128 valence electrons.